The van der Waals surface area contributed by atoms with E-state index in [1.165, 1.54) is 0 Å². The van der Waals surface area contributed by atoms with E-state index in [0.29, 0.717) is 5.56 Å². The minimum atomic E-state index is -0.167. The molecule has 0 nitrogen and oxygen atoms in total. The monoisotopic (exact) mass is 185 g/mol. The van der Waals surface area contributed by atoms with Gasteiger partial charge in [0, 0.05) is 0 Å². The topological polar surface area (TPSA) is 0 Å². The van der Waals surface area contributed by atoms with E-state index in [1.807, 2.05) is 30.3 Å². The molecule has 2 aromatic carbocycles. The van der Waals surface area contributed by atoms with Gasteiger partial charge in [-0.05, 0) is 35.7 Å². The second kappa shape index (κ2) is 3.62. The van der Waals surface area contributed by atoms with Crippen LogP contribution in [-0.4, -0.2) is 0 Å². The molecule has 0 heterocycles. The minimum absolute atomic E-state index is 0.167. The van der Waals surface area contributed by atoms with Crippen molar-refractivity contribution in [3.05, 3.63) is 59.9 Å². The Balaban J connectivity index is 2.48. The summed E-state index contributed by atoms with van der Waals surface area (Å²) in [5.74, 6) is -0.167. The van der Waals surface area contributed by atoms with Crippen molar-refractivity contribution in [1.82, 2.24) is 0 Å². The van der Waals surface area contributed by atoms with Gasteiger partial charge in [-0.15, -0.1) is 0 Å². The van der Waals surface area contributed by atoms with Gasteiger partial charge in [0.25, 0.3) is 0 Å². The first kappa shape index (κ1) is 8.95. The molecule has 0 spiro atoms. The molecule has 0 aliphatic carbocycles. The highest BCUT2D eigenvalue weighted by Gasteiger charge is 2.00. The van der Waals surface area contributed by atoms with E-state index in [1.54, 1.807) is 19.1 Å². The van der Waals surface area contributed by atoms with Crippen LogP contribution in [-0.2, 0) is 0 Å². The summed E-state index contributed by atoms with van der Waals surface area (Å²) in [5, 5.41) is 0. The summed E-state index contributed by atoms with van der Waals surface area (Å²) < 4.78 is 13.3. The van der Waals surface area contributed by atoms with Gasteiger partial charge >= 0.3 is 0 Å². The van der Waals surface area contributed by atoms with Crippen molar-refractivity contribution in [2.24, 2.45) is 0 Å². The average molecular weight is 185 g/mol. The number of benzene rings is 2. The predicted molar refractivity (Wildman–Crippen MR) is 55.4 cm³/mol. The maximum absolute atomic E-state index is 13.3. The highest BCUT2D eigenvalue weighted by molar-refractivity contribution is 5.62. The number of hydrogen-bond donors (Lipinski definition) is 0. The third-order valence-electron chi connectivity index (χ3n) is 2.19. The molecule has 0 N–H and O–H groups in total. The second-order valence-corrected chi connectivity index (χ2v) is 3.24. The third-order valence-corrected chi connectivity index (χ3v) is 2.19. The molecular weight excluding hydrogens is 175 g/mol. The third kappa shape index (κ3) is 1.67. The number of halogens is 1. The van der Waals surface area contributed by atoms with Crippen LogP contribution in [0.15, 0.2) is 42.5 Å². The smallest absolute Gasteiger partial charge is 0.126 e. The Morgan fingerprint density at radius 3 is 2.64 bits per heavy atom. The number of rotatable bonds is 1. The lowest BCUT2D eigenvalue weighted by molar-refractivity contribution is 0.619. The van der Waals surface area contributed by atoms with E-state index in [0.717, 1.165) is 11.1 Å². The molecule has 14 heavy (non-hydrogen) atoms. The summed E-state index contributed by atoms with van der Waals surface area (Å²) in [7, 11) is 0. The fraction of sp³-hybridized carbons (Fsp3) is 0.0769. The quantitative estimate of drug-likeness (QED) is 0.636. The van der Waals surface area contributed by atoms with E-state index in [4.69, 9.17) is 0 Å². The lowest BCUT2D eigenvalue weighted by atomic mass is 10.0. The van der Waals surface area contributed by atoms with Gasteiger partial charge in [0.1, 0.15) is 5.82 Å². The summed E-state index contributed by atoms with van der Waals surface area (Å²) in [6.07, 6.45) is 0. The summed E-state index contributed by atoms with van der Waals surface area (Å²) in [6.45, 7) is 1.76. The predicted octanol–water partition coefficient (Wildman–Crippen LogP) is 3.60. The van der Waals surface area contributed by atoms with Crippen LogP contribution >= 0.6 is 0 Å². The summed E-state index contributed by atoms with van der Waals surface area (Å²) in [6, 6.07) is 15.9. The molecule has 69 valence electrons. The van der Waals surface area contributed by atoms with E-state index >= 15 is 0 Å². The molecule has 2 rings (SSSR count). The first-order valence-electron chi connectivity index (χ1n) is 4.50. The number of aryl methyl sites for hydroxylation is 1. The largest absolute Gasteiger partial charge is 0.207 e. The molecule has 0 atom stereocenters. The molecule has 0 aliphatic rings. The SMILES string of the molecule is Cc1ccc(-c2[c]cccc2)cc1F. The molecule has 0 bridgehead atoms. The van der Waals surface area contributed by atoms with Gasteiger partial charge in [-0.2, -0.15) is 0 Å². The van der Waals surface area contributed by atoms with Crippen molar-refractivity contribution in [1.29, 1.82) is 0 Å². The zero-order valence-corrected chi connectivity index (χ0v) is 7.92. The van der Waals surface area contributed by atoms with Crippen molar-refractivity contribution in [2.75, 3.05) is 0 Å². The van der Waals surface area contributed by atoms with Crippen molar-refractivity contribution in [3.8, 4) is 11.1 Å². The normalized spacial score (nSPS) is 10.1. The summed E-state index contributed by atoms with van der Waals surface area (Å²) in [4.78, 5) is 0. The second-order valence-electron chi connectivity index (χ2n) is 3.24. The molecule has 0 amide bonds. The van der Waals surface area contributed by atoms with Gasteiger partial charge in [-0.1, -0.05) is 36.4 Å². The van der Waals surface area contributed by atoms with Crippen LogP contribution in [0.4, 0.5) is 4.39 Å². The lowest BCUT2D eigenvalue weighted by Crippen LogP contribution is -1.83. The van der Waals surface area contributed by atoms with E-state index in [-0.39, 0.29) is 5.82 Å². The Kier molecular flexibility index (Phi) is 2.32. The summed E-state index contributed by atoms with van der Waals surface area (Å²) >= 11 is 0. The first-order chi connectivity index (χ1) is 6.77. The van der Waals surface area contributed by atoms with Crippen LogP contribution in [0.2, 0.25) is 0 Å². The van der Waals surface area contributed by atoms with Crippen LogP contribution in [0.5, 0.6) is 0 Å². The molecule has 0 fully saturated rings. The summed E-state index contributed by atoms with van der Waals surface area (Å²) in [5.41, 5.74) is 2.46. The molecular formula is C13H10F. The highest BCUT2D eigenvalue weighted by Crippen LogP contribution is 2.20. The minimum Gasteiger partial charge on any atom is -0.207 e. The fourth-order valence-corrected chi connectivity index (χ4v) is 1.33. The molecule has 0 saturated carbocycles. The van der Waals surface area contributed by atoms with Crippen LogP contribution in [0.25, 0.3) is 11.1 Å². The number of hydrogen-bond acceptors (Lipinski definition) is 0. The Morgan fingerprint density at radius 2 is 2.00 bits per heavy atom. The maximum Gasteiger partial charge on any atom is 0.126 e. The maximum atomic E-state index is 13.3. The van der Waals surface area contributed by atoms with Gasteiger partial charge in [-0.25, -0.2) is 4.39 Å². The van der Waals surface area contributed by atoms with Crippen molar-refractivity contribution >= 4 is 0 Å². The first-order valence-corrected chi connectivity index (χ1v) is 4.50. The molecule has 0 unspecified atom stereocenters. The van der Waals surface area contributed by atoms with E-state index < -0.39 is 0 Å². The molecule has 0 saturated heterocycles. The lowest BCUT2D eigenvalue weighted by Gasteiger charge is -2.02. The average Bonchev–Trinajstić information content (AvgIpc) is 2.23. The standard InChI is InChI=1S/C13H10F/c1-10-7-8-12(9-13(10)14)11-5-3-2-4-6-11/h2-5,7-9H,1H3. The molecule has 2 aromatic rings. The van der Waals surface area contributed by atoms with E-state index in [9.17, 15) is 4.39 Å². The van der Waals surface area contributed by atoms with Gasteiger partial charge in [-0.3, -0.25) is 0 Å². The van der Waals surface area contributed by atoms with Crippen molar-refractivity contribution in [2.45, 2.75) is 6.92 Å². The van der Waals surface area contributed by atoms with Crippen LogP contribution in [0.1, 0.15) is 5.56 Å². The zero-order valence-electron chi connectivity index (χ0n) is 7.92. The fourth-order valence-electron chi connectivity index (χ4n) is 1.33. The Hall–Kier alpha value is -1.63. The Labute approximate surface area is 83.0 Å². The van der Waals surface area contributed by atoms with Gasteiger partial charge in [0.2, 0.25) is 0 Å². The van der Waals surface area contributed by atoms with Crippen LogP contribution < -0.4 is 0 Å². The van der Waals surface area contributed by atoms with Gasteiger partial charge in [0.15, 0.2) is 0 Å². The molecule has 1 radical (unpaired) electrons. The highest BCUT2D eigenvalue weighted by atomic mass is 19.1. The Bertz CT molecular complexity index is 432. The van der Waals surface area contributed by atoms with Crippen LogP contribution in [0.3, 0.4) is 0 Å². The van der Waals surface area contributed by atoms with Gasteiger partial charge < -0.3 is 0 Å². The van der Waals surface area contributed by atoms with Crippen molar-refractivity contribution < 1.29 is 4.39 Å². The molecule has 0 aromatic heterocycles. The van der Waals surface area contributed by atoms with Crippen LogP contribution in [0, 0.1) is 18.8 Å². The van der Waals surface area contributed by atoms with Crippen molar-refractivity contribution in [3.63, 3.8) is 0 Å². The molecule has 1 heteroatoms. The van der Waals surface area contributed by atoms with E-state index in [2.05, 4.69) is 6.07 Å². The zero-order chi connectivity index (χ0) is 9.97. The Morgan fingerprint density at radius 1 is 1.14 bits per heavy atom. The van der Waals surface area contributed by atoms with Gasteiger partial charge in [0.05, 0.1) is 0 Å². The molecule has 0 aliphatic heterocycles.